The van der Waals surface area contributed by atoms with Crippen molar-refractivity contribution in [2.45, 2.75) is 19.8 Å². The van der Waals surface area contributed by atoms with Crippen molar-refractivity contribution in [3.63, 3.8) is 0 Å². The van der Waals surface area contributed by atoms with Gasteiger partial charge in [0.1, 0.15) is 0 Å². The van der Waals surface area contributed by atoms with Gasteiger partial charge in [-0.05, 0) is 12.5 Å². The lowest BCUT2D eigenvalue weighted by Crippen LogP contribution is -2.20. The molecular formula is C10H11F3N2O3. The van der Waals surface area contributed by atoms with Crippen molar-refractivity contribution in [2.75, 3.05) is 7.11 Å². The van der Waals surface area contributed by atoms with E-state index in [9.17, 15) is 18.0 Å². The quantitative estimate of drug-likeness (QED) is 0.838. The highest BCUT2D eigenvalue weighted by molar-refractivity contribution is 5.93. The van der Waals surface area contributed by atoms with Gasteiger partial charge in [-0.3, -0.25) is 0 Å². The minimum Gasteiger partial charge on any atom is -0.465 e. The third-order valence-electron chi connectivity index (χ3n) is 2.18. The number of ether oxygens (including phenoxy) is 2. The standard InChI is InChI=1S/C10H11F3N2O3/c1-5-7(9(16)17-2)6(3-14)4-15-8(5)18-10(11,12)13/h4H,3,14H2,1-2H3. The summed E-state index contributed by atoms with van der Waals surface area (Å²) in [5.41, 5.74) is 5.54. The van der Waals surface area contributed by atoms with E-state index in [1.54, 1.807) is 0 Å². The van der Waals surface area contributed by atoms with Crippen LogP contribution < -0.4 is 10.5 Å². The fourth-order valence-electron chi connectivity index (χ4n) is 1.40. The Hall–Kier alpha value is -1.83. The van der Waals surface area contributed by atoms with Crippen molar-refractivity contribution in [3.05, 3.63) is 22.9 Å². The maximum absolute atomic E-state index is 12.1. The number of aromatic nitrogens is 1. The van der Waals surface area contributed by atoms with Crippen molar-refractivity contribution in [1.82, 2.24) is 4.98 Å². The molecule has 0 amide bonds. The number of pyridine rings is 1. The van der Waals surface area contributed by atoms with E-state index in [1.165, 1.54) is 6.92 Å². The van der Waals surface area contributed by atoms with Gasteiger partial charge in [-0.25, -0.2) is 9.78 Å². The molecule has 5 nitrogen and oxygen atoms in total. The number of carbonyl (C=O) groups is 1. The van der Waals surface area contributed by atoms with E-state index >= 15 is 0 Å². The number of esters is 1. The number of hydrogen-bond acceptors (Lipinski definition) is 5. The number of nitrogens with two attached hydrogens (primary N) is 1. The van der Waals surface area contributed by atoms with Crippen LogP contribution in [0.5, 0.6) is 5.88 Å². The molecule has 0 saturated heterocycles. The summed E-state index contributed by atoms with van der Waals surface area (Å²) < 4.78 is 44.5. The van der Waals surface area contributed by atoms with Gasteiger partial charge in [0.2, 0.25) is 5.88 Å². The van der Waals surface area contributed by atoms with Crippen LogP contribution in [-0.2, 0) is 11.3 Å². The summed E-state index contributed by atoms with van der Waals surface area (Å²) in [5.74, 6) is -1.48. The minimum atomic E-state index is -4.88. The summed E-state index contributed by atoms with van der Waals surface area (Å²) in [6.45, 7) is 1.23. The average molecular weight is 264 g/mol. The summed E-state index contributed by atoms with van der Waals surface area (Å²) >= 11 is 0. The number of nitrogens with zero attached hydrogens (tertiary/aromatic N) is 1. The van der Waals surface area contributed by atoms with Gasteiger partial charge < -0.3 is 15.2 Å². The molecule has 0 aliphatic rings. The summed E-state index contributed by atoms with van der Waals surface area (Å²) in [7, 11) is 1.12. The third kappa shape index (κ3) is 3.10. The first-order valence-corrected chi connectivity index (χ1v) is 4.82. The lowest BCUT2D eigenvalue weighted by molar-refractivity contribution is -0.276. The van der Waals surface area contributed by atoms with Crippen molar-refractivity contribution >= 4 is 5.97 Å². The number of hydrogen-bond donors (Lipinski definition) is 1. The Kier molecular flexibility index (Phi) is 4.12. The SMILES string of the molecule is COC(=O)c1c(CN)cnc(OC(F)(F)F)c1C. The van der Waals surface area contributed by atoms with E-state index in [0.717, 1.165) is 13.3 Å². The van der Waals surface area contributed by atoms with E-state index in [4.69, 9.17) is 5.73 Å². The van der Waals surface area contributed by atoms with Gasteiger partial charge in [0.05, 0.1) is 12.7 Å². The molecule has 0 spiro atoms. The van der Waals surface area contributed by atoms with Gasteiger partial charge in [0.15, 0.2) is 0 Å². The van der Waals surface area contributed by atoms with Crippen LogP contribution in [0.3, 0.4) is 0 Å². The van der Waals surface area contributed by atoms with Crippen LogP contribution in [0, 0.1) is 6.92 Å². The van der Waals surface area contributed by atoms with Crippen molar-refractivity contribution in [3.8, 4) is 5.88 Å². The van der Waals surface area contributed by atoms with E-state index in [1.807, 2.05) is 0 Å². The number of rotatable bonds is 3. The van der Waals surface area contributed by atoms with Gasteiger partial charge in [-0.2, -0.15) is 0 Å². The van der Waals surface area contributed by atoms with Crippen LogP contribution >= 0.6 is 0 Å². The molecule has 0 aliphatic heterocycles. The molecule has 8 heteroatoms. The molecule has 1 heterocycles. The smallest absolute Gasteiger partial charge is 0.465 e. The maximum Gasteiger partial charge on any atom is 0.574 e. The highest BCUT2D eigenvalue weighted by Crippen LogP contribution is 2.27. The van der Waals surface area contributed by atoms with E-state index in [-0.39, 0.29) is 23.2 Å². The molecule has 2 N–H and O–H groups in total. The van der Waals surface area contributed by atoms with Crippen LogP contribution in [0.15, 0.2) is 6.20 Å². The van der Waals surface area contributed by atoms with Crippen LogP contribution in [-0.4, -0.2) is 24.4 Å². The zero-order chi connectivity index (χ0) is 13.9. The van der Waals surface area contributed by atoms with Gasteiger partial charge in [0, 0.05) is 18.3 Å². The molecule has 1 aromatic heterocycles. The molecule has 100 valence electrons. The fraction of sp³-hybridized carbons (Fsp3) is 0.400. The number of alkyl halides is 3. The second-order valence-corrected chi connectivity index (χ2v) is 3.33. The van der Waals surface area contributed by atoms with Crippen LogP contribution in [0.2, 0.25) is 0 Å². The number of carbonyl (C=O) groups excluding carboxylic acids is 1. The predicted molar refractivity (Wildman–Crippen MR) is 54.9 cm³/mol. The first-order chi connectivity index (χ1) is 8.30. The number of methoxy groups -OCH3 is 1. The second-order valence-electron chi connectivity index (χ2n) is 3.33. The Morgan fingerprint density at radius 1 is 1.50 bits per heavy atom. The molecule has 1 aromatic rings. The van der Waals surface area contributed by atoms with Crippen LogP contribution in [0.4, 0.5) is 13.2 Å². The highest BCUT2D eigenvalue weighted by atomic mass is 19.4. The van der Waals surface area contributed by atoms with Crippen molar-refractivity contribution in [2.24, 2.45) is 5.73 Å². The molecule has 0 unspecified atom stereocenters. The summed E-state index contributed by atoms with van der Waals surface area (Å²) in [5, 5.41) is 0. The molecule has 0 radical (unpaired) electrons. The molecule has 0 atom stereocenters. The molecule has 18 heavy (non-hydrogen) atoms. The van der Waals surface area contributed by atoms with Crippen molar-refractivity contribution in [1.29, 1.82) is 0 Å². The van der Waals surface area contributed by atoms with Crippen molar-refractivity contribution < 1.29 is 27.4 Å². The third-order valence-corrected chi connectivity index (χ3v) is 2.18. The molecule has 0 bridgehead atoms. The molecule has 0 saturated carbocycles. The topological polar surface area (TPSA) is 74.4 Å². The first-order valence-electron chi connectivity index (χ1n) is 4.82. The highest BCUT2D eigenvalue weighted by Gasteiger charge is 2.33. The Balaban J connectivity index is 3.30. The van der Waals surface area contributed by atoms with Crippen LogP contribution in [0.25, 0.3) is 0 Å². The minimum absolute atomic E-state index is 0.0510. The summed E-state index contributed by atoms with van der Waals surface area (Å²) in [6.07, 6.45) is -3.82. The number of halogens is 3. The lowest BCUT2D eigenvalue weighted by atomic mass is 10.1. The first kappa shape index (κ1) is 14.2. The zero-order valence-electron chi connectivity index (χ0n) is 9.67. The molecule has 0 aromatic carbocycles. The molecule has 0 fully saturated rings. The predicted octanol–water partition coefficient (Wildman–Crippen LogP) is 1.53. The van der Waals surface area contributed by atoms with E-state index in [0.29, 0.717) is 0 Å². The maximum atomic E-state index is 12.1. The molecule has 1 rings (SSSR count). The lowest BCUT2D eigenvalue weighted by Gasteiger charge is -2.14. The van der Waals surface area contributed by atoms with Gasteiger partial charge in [-0.1, -0.05) is 0 Å². The van der Waals surface area contributed by atoms with E-state index < -0.39 is 18.2 Å². The Morgan fingerprint density at radius 3 is 2.56 bits per heavy atom. The Morgan fingerprint density at radius 2 is 2.11 bits per heavy atom. The summed E-state index contributed by atoms with van der Waals surface area (Å²) in [6, 6.07) is 0. The van der Waals surface area contributed by atoms with Crippen LogP contribution in [0.1, 0.15) is 21.5 Å². The van der Waals surface area contributed by atoms with Gasteiger partial charge in [0.25, 0.3) is 0 Å². The van der Waals surface area contributed by atoms with E-state index in [2.05, 4.69) is 14.5 Å². The monoisotopic (exact) mass is 264 g/mol. The normalized spacial score (nSPS) is 11.2. The Bertz CT molecular complexity index is 460. The fourth-order valence-corrected chi connectivity index (χ4v) is 1.40. The average Bonchev–Trinajstić information content (AvgIpc) is 2.29. The zero-order valence-corrected chi connectivity index (χ0v) is 9.67. The summed E-state index contributed by atoms with van der Waals surface area (Å²) in [4.78, 5) is 15.0. The van der Waals surface area contributed by atoms with Gasteiger partial charge >= 0.3 is 12.3 Å². The van der Waals surface area contributed by atoms with Gasteiger partial charge in [-0.15, -0.1) is 13.2 Å². The second kappa shape index (κ2) is 5.21. The Labute approximate surface area is 101 Å². The molecular weight excluding hydrogens is 253 g/mol. The molecule has 0 aliphatic carbocycles. The largest absolute Gasteiger partial charge is 0.574 e.